The SMILES string of the molecule is NCc1cccc(N2CCCSCC2)n1. The molecule has 1 aliphatic rings. The molecule has 0 spiro atoms. The van der Waals surface area contributed by atoms with Crippen molar-refractivity contribution >= 4 is 17.6 Å². The zero-order valence-electron chi connectivity index (χ0n) is 8.85. The molecule has 2 N–H and O–H groups in total. The van der Waals surface area contributed by atoms with Crippen LogP contribution in [-0.4, -0.2) is 29.6 Å². The Morgan fingerprint density at radius 3 is 3.13 bits per heavy atom. The normalized spacial score (nSPS) is 17.5. The summed E-state index contributed by atoms with van der Waals surface area (Å²) in [5.41, 5.74) is 6.57. The van der Waals surface area contributed by atoms with Crippen LogP contribution in [0.4, 0.5) is 5.82 Å². The number of hydrogen-bond donors (Lipinski definition) is 1. The van der Waals surface area contributed by atoms with E-state index in [1.807, 2.05) is 23.9 Å². The largest absolute Gasteiger partial charge is 0.356 e. The number of nitrogens with two attached hydrogens (primary N) is 1. The van der Waals surface area contributed by atoms with Gasteiger partial charge in [-0.2, -0.15) is 11.8 Å². The molecule has 0 unspecified atom stereocenters. The lowest BCUT2D eigenvalue weighted by atomic mass is 10.3. The van der Waals surface area contributed by atoms with Crippen LogP contribution >= 0.6 is 11.8 Å². The van der Waals surface area contributed by atoms with E-state index in [0.29, 0.717) is 6.54 Å². The Morgan fingerprint density at radius 1 is 1.33 bits per heavy atom. The van der Waals surface area contributed by atoms with Crippen LogP contribution in [0.2, 0.25) is 0 Å². The Bertz CT molecular complexity index is 308. The summed E-state index contributed by atoms with van der Waals surface area (Å²) in [5, 5.41) is 0. The van der Waals surface area contributed by atoms with Crippen LogP contribution in [0, 0.1) is 0 Å². The Morgan fingerprint density at radius 2 is 2.27 bits per heavy atom. The highest BCUT2D eigenvalue weighted by Gasteiger charge is 2.10. The standard InChI is InChI=1S/C11H17N3S/c12-9-10-3-1-4-11(13-10)14-5-2-7-15-8-6-14/h1,3-4H,2,5-9,12H2. The van der Waals surface area contributed by atoms with E-state index < -0.39 is 0 Å². The minimum Gasteiger partial charge on any atom is -0.356 e. The van der Waals surface area contributed by atoms with E-state index in [1.54, 1.807) is 0 Å². The van der Waals surface area contributed by atoms with Gasteiger partial charge < -0.3 is 10.6 Å². The number of thioether (sulfide) groups is 1. The van der Waals surface area contributed by atoms with Crippen LogP contribution in [0.1, 0.15) is 12.1 Å². The fourth-order valence-electron chi connectivity index (χ4n) is 1.73. The Labute approximate surface area is 95.1 Å². The zero-order valence-corrected chi connectivity index (χ0v) is 9.67. The van der Waals surface area contributed by atoms with Gasteiger partial charge in [0.2, 0.25) is 0 Å². The van der Waals surface area contributed by atoms with Gasteiger partial charge in [-0.25, -0.2) is 4.98 Å². The van der Waals surface area contributed by atoms with Crippen molar-refractivity contribution in [2.24, 2.45) is 5.73 Å². The molecule has 0 aromatic carbocycles. The maximum Gasteiger partial charge on any atom is 0.128 e. The molecule has 3 nitrogen and oxygen atoms in total. The van der Waals surface area contributed by atoms with Crippen LogP contribution in [0.15, 0.2) is 18.2 Å². The molecular formula is C11H17N3S. The Balaban J connectivity index is 2.12. The molecule has 0 atom stereocenters. The van der Waals surface area contributed by atoms with Crippen LogP contribution in [0.25, 0.3) is 0 Å². The maximum atomic E-state index is 5.59. The third-order valence-corrected chi connectivity index (χ3v) is 3.60. The zero-order chi connectivity index (χ0) is 10.5. The van der Waals surface area contributed by atoms with Gasteiger partial charge >= 0.3 is 0 Å². The molecule has 0 saturated carbocycles. The van der Waals surface area contributed by atoms with Crippen molar-refractivity contribution in [3.05, 3.63) is 23.9 Å². The van der Waals surface area contributed by atoms with Crippen molar-refractivity contribution in [1.29, 1.82) is 0 Å². The molecule has 2 heterocycles. The van der Waals surface area contributed by atoms with Gasteiger partial charge in [0, 0.05) is 25.4 Å². The Hall–Kier alpha value is -0.740. The summed E-state index contributed by atoms with van der Waals surface area (Å²) >= 11 is 2.03. The van der Waals surface area contributed by atoms with Crippen molar-refractivity contribution in [1.82, 2.24) is 4.98 Å². The molecule has 4 heteroatoms. The Kier molecular flexibility index (Phi) is 3.86. The maximum absolute atomic E-state index is 5.59. The summed E-state index contributed by atoms with van der Waals surface area (Å²) in [4.78, 5) is 6.91. The molecule has 1 aromatic heterocycles. The van der Waals surface area contributed by atoms with Crippen LogP contribution in [-0.2, 0) is 6.54 Å². The number of rotatable bonds is 2. The molecule has 2 rings (SSSR count). The molecule has 1 aliphatic heterocycles. The summed E-state index contributed by atoms with van der Waals surface area (Å²) in [6, 6.07) is 6.10. The minimum atomic E-state index is 0.524. The predicted octanol–water partition coefficient (Wildman–Crippen LogP) is 1.48. The topological polar surface area (TPSA) is 42.1 Å². The lowest BCUT2D eigenvalue weighted by molar-refractivity contribution is 0.795. The molecule has 1 aromatic rings. The van der Waals surface area contributed by atoms with Crippen LogP contribution in [0.3, 0.4) is 0 Å². The van der Waals surface area contributed by atoms with Crippen molar-refractivity contribution in [3.63, 3.8) is 0 Å². The first-order valence-electron chi connectivity index (χ1n) is 5.39. The number of nitrogens with zero attached hydrogens (tertiary/aromatic N) is 2. The van der Waals surface area contributed by atoms with Crippen LogP contribution < -0.4 is 10.6 Å². The van der Waals surface area contributed by atoms with E-state index in [0.717, 1.165) is 24.6 Å². The van der Waals surface area contributed by atoms with Gasteiger partial charge in [-0.1, -0.05) is 6.07 Å². The van der Waals surface area contributed by atoms with E-state index in [9.17, 15) is 0 Å². The minimum absolute atomic E-state index is 0.524. The summed E-state index contributed by atoms with van der Waals surface area (Å²) < 4.78 is 0. The van der Waals surface area contributed by atoms with Crippen LogP contribution in [0.5, 0.6) is 0 Å². The van der Waals surface area contributed by atoms with Gasteiger partial charge in [0.15, 0.2) is 0 Å². The van der Waals surface area contributed by atoms with E-state index in [4.69, 9.17) is 5.73 Å². The first-order valence-corrected chi connectivity index (χ1v) is 6.54. The quantitative estimate of drug-likeness (QED) is 0.824. The van der Waals surface area contributed by atoms with Crippen molar-refractivity contribution in [2.75, 3.05) is 29.5 Å². The molecule has 0 aliphatic carbocycles. The van der Waals surface area contributed by atoms with Gasteiger partial charge in [-0.15, -0.1) is 0 Å². The highest BCUT2D eigenvalue weighted by molar-refractivity contribution is 7.99. The predicted molar refractivity (Wildman–Crippen MR) is 66.3 cm³/mol. The van der Waals surface area contributed by atoms with E-state index in [2.05, 4.69) is 16.0 Å². The smallest absolute Gasteiger partial charge is 0.128 e. The second-order valence-corrected chi connectivity index (χ2v) is 4.87. The molecular weight excluding hydrogens is 206 g/mol. The third kappa shape index (κ3) is 2.86. The first-order chi connectivity index (χ1) is 7.40. The second-order valence-electron chi connectivity index (χ2n) is 3.64. The van der Waals surface area contributed by atoms with Gasteiger partial charge in [0.05, 0.1) is 5.69 Å². The third-order valence-electron chi connectivity index (χ3n) is 2.55. The van der Waals surface area contributed by atoms with E-state index >= 15 is 0 Å². The summed E-state index contributed by atoms with van der Waals surface area (Å²) in [7, 11) is 0. The molecule has 15 heavy (non-hydrogen) atoms. The lowest BCUT2D eigenvalue weighted by Gasteiger charge is -2.21. The van der Waals surface area contributed by atoms with Crippen molar-refractivity contribution in [2.45, 2.75) is 13.0 Å². The summed E-state index contributed by atoms with van der Waals surface area (Å²) in [6.45, 7) is 2.75. The number of pyridine rings is 1. The van der Waals surface area contributed by atoms with Gasteiger partial charge in [-0.3, -0.25) is 0 Å². The molecule has 82 valence electrons. The number of aromatic nitrogens is 1. The van der Waals surface area contributed by atoms with Gasteiger partial charge in [0.25, 0.3) is 0 Å². The average Bonchev–Trinajstić information content (AvgIpc) is 2.58. The first kappa shape index (κ1) is 10.8. The van der Waals surface area contributed by atoms with E-state index in [-0.39, 0.29) is 0 Å². The monoisotopic (exact) mass is 223 g/mol. The highest BCUT2D eigenvalue weighted by atomic mass is 32.2. The fourth-order valence-corrected chi connectivity index (χ4v) is 2.62. The van der Waals surface area contributed by atoms with Crippen molar-refractivity contribution in [3.8, 4) is 0 Å². The van der Waals surface area contributed by atoms with Gasteiger partial charge in [0.1, 0.15) is 5.82 Å². The summed E-state index contributed by atoms with van der Waals surface area (Å²) in [5.74, 6) is 3.56. The highest BCUT2D eigenvalue weighted by Crippen LogP contribution is 2.17. The van der Waals surface area contributed by atoms with E-state index in [1.165, 1.54) is 17.9 Å². The van der Waals surface area contributed by atoms with Crippen molar-refractivity contribution < 1.29 is 0 Å². The molecule has 0 radical (unpaired) electrons. The summed E-state index contributed by atoms with van der Waals surface area (Å²) in [6.07, 6.45) is 1.25. The molecule has 1 saturated heterocycles. The number of anilines is 1. The number of hydrogen-bond acceptors (Lipinski definition) is 4. The average molecular weight is 223 g/mol. The molecule has 1 fully saturated rings. The second kappa shape index (κ2) is 5.37. The van der Waals surface area contributed by atoms with Gasteiger partial charge in [-0.05, 0) is 24.3 Å². The molecule has 0 amide bonds. The lowest BCUT2D eigenvalue weighted by Crippen LogP contribution is -2.26. The fraction of sp³-hybridized carbons (Fsp3) is 0.545. The molecule has 0 bridgehead atoms.